The Bertz CT molecular complexity index is 271. The monoisotopic (exact) mass is 218 g/mol. The van der Waals surface area contributed by atoms with Crippen molar-refractivity contribution in [1.82, 2.24) is 0 Å². The second-order valence-corrected chi connectivity index (χ2v) is 10.0. The summed E-state index contributed by atoms with van der Waals surface area (Å²) in [6.45, 7) is 8.96. The smallest absolute Gasteiger partial charge is 0.0614 e. The van der Waals surface area contributed by atoms with Crippen LogP contribution in [0.4, 0.5) is 0 Å². The second-order valence-electron chi connectivity index (χ2n) is 3.27. The molecule has 0 aliphatic rings. The largest absolute Gasteiger partial charge is 0.0761 e. The van der Waals surface area contributed by atoms with Crippen LogP contribution in [0, 0.1) is 20.8 Å². The molecule has 1 rings (SSSR count). The third kappa shape index (κ3) is 2.93. The minimum absolute atomic E-state index is 1.04. The van der Waals surface area contributed by atoms with Gasteiger partial charge in [0.1, 0.15) is 0 Å². The molecule has 0 amide bonds. The van der Waals surface area contributed by atoms with Crippen LogP contribution in [0.2, 0.25) is 6.55 Å². The van der Waals surface area contributed by atoms with Crippen molar-refractivity contribution in [3.8, 4) is 0 Å². The van der Waals surface area contributed by atoms with E-state index in [9.17, 15) is 0 Å². The lowest BCUT2D eigenvalue weighted by Gasteiger charge is -2.09. The molecule has 0 unspecified atom stereocenters. The zero-order valence-corrected chi connectivity index (χ0v) is 11.7. The van der Waals surface area contributed by atoms with E-state index < -0.39 is 0 Å². The Kier molecular flexibility index (Phi) is 4.15. The summed E-state index contributed by atoms with van der Waals surface area (Å²) in [5, 5.41) is 1.61. The molecule has 1 aromatic carbocycles. The Morgan fingerprint density at radius 2 is 1.54 bits per heavy atom. The van der Waals surface area contributed by atoms with Gasteiger partial charge in [-0.05, 0) is 20.8 Å². The predicted octanol–water partition coefficient (Wildman–Crippen LogP) is 1.23. The van der Waals surface area contributed by atoms with Gasteiger partial charge in [-0.15, -0.1) is 0 Å². The maximum Gasteiger partial charge on any atom is 0.0614 e. The predicted molar refractivity (Wildman–Crippen MR) is 63.4 cm³/mol. The zero-order valence-electron chi connectivity index (χ0n) is 8.65. The maximum absolute atomic E-state index is 2.30. The van der Waals surface area contributed by atoms with Crippen molar-refractivity contribution in [2.24, 2.45) is 0 Å². The molecule has 13 heavy (non-hydrogen) atoms. The van der Waals surface area contributed by atoms with E-state index >= 15 is 0 Å². The molecule has 0 spiro atoms. The van der Waals surface area contributed by atoms with Gasteiger partial charge in [0.05, 0.1) is 9.04 Å². The van der Waals surface area contributed by atoms with E-state index in [1.165, 1.54) is 16.7 Å². The van der Waals surface area contributed by atoms with Gasteiger partial charge in [0.25, 0.3) is 0 Å². The lowest BCUT2D eigenvalue weighted by molar-refractivity contribution is 1.35. The summed E-state index contributed by atoms with van der Waals surface area (Å²) in [5.74, 6) is 0. The molecular weight excluding hydrogens is 204 g/mol. The fraction of sp³-hybridized carbons (Fsp3) is 0.400. The number of aryl methyl sites for hydroxylation is 3. The Morgan fingerprint density at radius 1 is 1.00 bits per heavy atom. The van der Waals surface area contributed by atoms with Gasteiger partial charge in [-0.25, -0.2) is 0 Å². The van der Waals surface area contributed by atoms with Crippen LogP contribution < -0.4 is 5.19 Å². The highest BCUT2D eigenvalue weighted by atomic mass is 29.5. The van der Waals surface area contributed by atoms with Crippen molar-refractivity contribution in [2.75, 3.05) is 0 Å². The molecule has 3 heteroatoms. The minimum atomic E-state index is 1.04. The van der Waals surface area contributed by atoms with Crippen LogP contribution in [0.1, 0.15) is 16.7 Å². The molecule has 0 fully saturated rings. The Morgan fingerprint density at radius 3 is 2.00 bits per heavy atom. The first-order valence-corrected chi connectivity index (χ1v) is 9.90. The van der Waals surface area contributed by atoms with E-state index in [1.54, 1.807) is 5.19 Å². The van der Waals surface area contributed by atoms with Gasteiger partial charge in [-0.3, -0.25) is 0 Å². The maximum atomic E-state index is 2.30. The van der Waals surface area contributed by atoms with Crippen molar-refractivity contribution in [3.05, 3.63) is 28.8 Å². The van der Waals surface area contributed by atoms with Gasteiger partial charge < -0.3 is 0 Å². The van der Waals surface area contributed by atoms with Crippen molar-refractivity contribution in [1.29, 1.82) is 0 Å². The highest BCUT2D eigenvalue weighted by molar-refractivity contribution is 7.32. The number of benzene rings is 1. The molecule has 6 radical (unpaired) electrons. The topological polar surface area (TPSA) is 0 Å². The van der Waals surface area contributed by atoms with E-state index in [2.05, 4.69) is 39.5 Å². The molecular formula is C10H14Si3. The number of hydrogen-bond acceptors (Lipinski definition) is 0. The standard InChI is InChI=1S/C10H14Si3/c1-7-5-8(2)10(9(3)6-7)12-13-11-4/h5-6H,1-4H3. The van der Waals surface area contributed by atoms with Gasteiger partial charge in [0.2, 0.25) is 0 Å². The molecule has 0 bridgehead atoms. The second kappa shape index (κ2) is 4.93. The first-order chi connectivity index (χ1) is 6.15. The zero-order chi connectivity index (χ0) is 9.84. The normalized spacial score (nSPS) is 10.5. The molecule has 0 atom stereocenters. The van der Waals surface area contributed by atoms with Crippen molar-refractivity contribution in [2.45, 2.75) is 27.3 Å². The molecule has 0 nitrogen and oxygen atoms in total. The lowest BCUT2D eigenvalue weighted by Crippen LogP contribution is -2.28. The molecule has 0 saturated carbocycles. The molecule has 0 N–H and O–H groups in total. The fourth-order valence-corrected chi connectivity index (χ4v) is 6.47. The van der Waals surface area contributed by atoms with Crippen molar-refractivity contribution in [3.63, 3.8) is 0 Å². The third-order valence-electron chi connectivity index (χ3n) is 1.99. The van der Waals surface area contributed by atoms with Crippen LogP contribution in [0.5, 0.6) is 0 Å². The molecule has 0 saturated heterocycles. The lowest BCUT2D eigenvalue weighted by atomic mass is 10.1. The first-order valence-electron chi connectivity index (χ1n) is 4.40. The molecule has 0 aromatic heterocycles. The molecule has 66 valence electrons. The quantitative estimate of drug-likeness (QED) is 0.670. The number of hydrogen-bond donors (Lipinski definition) is 0. The van der Waals surface area contributed by atoms with Gasteiger partial charge in [0, 0.05) is 17.6 Å². The van der Waals surface area contributed by atoms with Crippen LogP contribution in [-0.4, -0.2) is 26.6 Å². The van der Waals surface area contributed by atoms with E-state index in [1.807, 2.05) is 0 Å². The van der Waals surface area contributed by atoms with Crippen LogP contribution in [0.15, 0.2) is 12.1 Å². The summed E-state index contributed by atoms with van der Waals surface area (Å²) < 4.78 is 0. The minimum Gasteiger partial charge on any atom is -0.0761 e. The highest BCUT2D eigenvalue weighted by Crippen LogP contribution is 2.04. The van der Waals surface area contributed by atoms with Crippen LogP contribution in [0.25, 0.3) is 0 Å². The van der Waals surface area contributed by atoms with Crippen LogP contribution >= 0.6 is 0 Å². The van der Waals surface area contributed by atoms with Gasteiger partial charge in [0.15, 0.2) is 0 Å². The van der Waals surface area contributed by atoms with Crippen LogP contribution in [-0.2, 0) is 0 Å². The summed E-state index contributed by atoms with van der Waals surface area (Å²) in [6.07, 6.45) is 0. The summed E-state index contributed by atoms with van der Waals surface area (Å²) >= 11 is 0. The van der Waals surface area contributed by atoms with Gasteiger partial charge >= 0.3 is 0 Å². The third-order valence-corrected chi connectivity index (χ3v) is 8.65. The van der Waals surface area contributed by atoms with Crippen LogP contribution in [0.3, 0.4) is 0 Å². The van der Waals surface area contributed by atoms with E-state index in [0.29, 0.717) is 0 Å². The van der Waals surface area contributed by atoms with E-state index in [0.717, 1.165) is 26.6 Å². The van der Waals surface area contributed by atoms with E-state index in [4.69, 9.17) is 0 Å². The summed E-state index contributed by atoms with van der Waals surface area (Å²) in [5.41, 5.74) is 4.37. The fourth-order valence-electron chi connectivity index (χ4n) is 1.50. The average Bonchev–Trinajstić information content (AvgIpc) is 2.02. The molecule has 1 aromatic rings. The Hall–Kier alpha value is -0.129. The average molecular weight is 218 g/mol. The van der Waals surface area contributed by atoms with Crippen molar-refractivity contribution < 1.29 is 0 Å². The highest BCUT2D eigenvalue weighted by Gasteiger charge is 2.03. The molecule has 0 aliphatic carbocycles. The summed E-state index contributed by atoms with van der Waals surface area (Å²) in [4.78, 5) is 0. The number of rotatable bonds is 3. The summed E-state index contributed by atoms with van der Waals surface area (Å²) in [6, 6.07) is 4.61. The Labute approximate surface area is 88.2 Å². The molecule has 0 heterocycles. The summed E-state index contributed by atoms with van der Waals surface area (Å²) in [7, 11) is 3.29. The van der Waals surface area contributed by atoms with Gasteiger partial charge in [-0.1, -0.05) is 40.6 Å². The SMILES string of the molecule is C[Si][Si][Si]c1c(C)cc(C)cc1C. The Balaban J connectivity index is 2.92. The molecule has 0 aliphatic heterocycles. The van der Waals surface area contributed by atoms with E-state index in [-0.39, 0.29) is 0 Å². The van der Waals surface area contributed by atoms with Crippen molar-refractivity contribution >= 4 is 31.8 Å². The first kappa shape index (κ1) is 10.9. The van der Waals surface area contributed by atoms with Gasteiger partial charge in [-0.2, -0.15) is 0 Å².